The van der Waals surface area contributed by atoms with Crippen molar-refractivity contribution in [3.05, 3.63) is 36.8 Å². The molecule has 108 valence electrons. The second-order valence-electron chi connectivity index (χ2n) is 6.02. The minimum absolute atomic E-state index is 0.312. The molecule has 0 aliphatic heterocycles. The molecular formula is C16H23N3O. The van der Waals surface area contributed by atoms with Gasteiger partial charge in [-0.15, -0.1) is 0 Å². The minimum Gasteiger partial charge on any atom is -0.490 e. The second kappa shape index (κ2) is 6.09. The van der Waals surface area contributed by atoms with Crippen LogP contribution in [0.1, 0.15) is 27.2 Å². The molecule has 4 nitrogen and oxygen atoms in total. The van der Waals surface area contributed by atoms with Gasteiger partial charge in [0.25, 0.3) is 0 Å². The summed E-state index contributed by atoms with van der Waals surface area (Å²) in [5, 5.41) is 0. The van der Waals surface area contributed by atoms with E-state index in [-0.39, 0.29) is 5.54 Å². The normalized spacial score (nSPS) is 14.2. The van der Waals surface area contributed by atoms with Gasteiger partial charge in [0.05, 0.1) is 11.9 Å². The van der Waals surface area contributed by atoms with Gasteiger partial charge in [0, 0.05) is 23.5 Å². The number of hydrogen-bond acceptors (Lipinski definition) is 3. The summed E-state index contributed by atoms with van der Waals surface area (Å²) in [6, 6.07) is 5.87. The molecule has 2 aromatic heterocycles. The van der Waals surface area contributed by atoms with E-state index in [0.717, 1.165) is 23.4 Å². The van der Waals surface area contributed by atoms with Crippen LogP contribution in [0.4, 0.5) is 0 Å². The Morgan fingerprint density at radius 1 is 1.35 bits per heavy atom. The summed E-state index contributed by atoms with van der Waals surface area (Å²) in [6.07, 6.45) is 6.48. The van der Waals surface area contributed by atoms with E-state index in [4.69, 9.17) is 10.5 Å². The maximum Gasteiger partial charge on any atom is 0.137 e. The fourth-order valence-electron chi connectivity index (χ4n) is 2.36. The summed E-state index contributed by atoms with van der Waals surface area (Å²) in [4.78, 5) is 7.42. The van der Waals surface area contributed by atoms with Crippen molar-refractivity contribution in [2.45, 2.75) is 32.7 Å². The lowest BCUT2D eigenvalue weighted by atomic mass is 9.93. The molecule has 20 heavy (non-hydrogen) atoms. The Balaban J connectivity index is 1.94. The Morgan fingerprint density at radius 3 is 2.70 bits per heavy atom. The minimum atomic E-state index is -0.312. The largest absolute Gasteiger partial charge is 0.490 e. The van der Waals surface area contributed by atoms with Crippen LogP contribution < -0.4 is 10.5 Å². The number of ether oxygens (including phenoxy) is 1. The molecule has 3 N–H and O–H groups in total. The summed E-state index contributed by atoms with van der Waals surface area (Å²) in [5.74, 6) is 1.31. The zero-order chi connectivity index (χ0) is 14.6. The molecule has 4 heteroatoms. The van der Waals surface area contributed by atoms with E-state index in [2.05, 4.69) is 23.8 Å². The third-order valence-corrected chi connectivity index (χ3v) is 3.07. The standard InChI is InChI=1S/C16H23N3O/c1-12(2)8-16(3,17)11-20-14-4-5-15(19-10-14)13-6-7-18-9-13/h4-7,9-10,12,18H,8,11,17H2,1-3H3/t16-/m0/s1. The van der Waals surface area contributed by atoms with E-state index in [9.17, 15) is 0 Å². The highest BCUT2D eigenvalue weighted by molar-refractivity contribution is 5.58. The maximum absolute atomic E-state index is 6.22. The average molecular weight is 273 g/mol. The Bertz CT molecular complexity index is 515. The molecular weight excluding hydrogens is 250 g/mol. The molecule has 1 atom stereocenters. The fraction of sp³-hybridized carbons (Fsp3) is 0.438. The molecule has 0 aromatic carbocycles. The lowest BCUT2D eigenvalue weighted by molar-refractivity contribution is 0.206. The number of nitrogens with zero attached hydrogens (tertiary/aromatic N) is 1. The highest BCUT2D eigenvalue weighted by Gasteiger charge is 2.21. The second-order valence-corrected chi connectivity index (χ2v) is 6.02. The number of aromatic nitrogens is 2. The van der Waals surface area contributed by atoms with E-state index in [1.807, 2.05) is 37.5 Å². The van der Waals surface area contributed by atoms with Gasteiger partial charge < -0.3 is 15.5 Å². The third-order valence-electron chi connectivity index (χ3n) is 3.07. The Labute approximate surface area is 120 Å². The van der Waals surface area contributed by atoms with Gasteiger partial charge in [0.2, 0.25) is 0 Å². The predicted octanol–water partition coefficient (Wildman–Crippen LogP) is 3.22. The first-order valence-electron chi connectivity index (χ1n) is 6.97. The number of rotatable bonds is 6. The molecule has 0 aliphatic rings. The molecule has 0 spiro atoms. The van der Waals surface area contributed by atoms with Crippen molar-refractivity contribution in [2.75, 3.05) is 6.61 Å². The van der Waals surface area contributed by atoms with Crippen LogP contribution in [0.25, 0.3) is 11.3 Å². The van der Waals surface area contributed by atoms with Crippen LogP contribution in [0.5, 0.6) is 5.75 Å². The lowest BCUT2D eigenvalue weighted by Gasteiger charge is -2.26. The zero-order valence-corrected chi connectivity index (χ0v) is 12.4. The van der Waals surface area contributed by atoms with Crippen molar-refractivity contribution in [1.82, 2.24) is 9.97 Å². The summed E-state index contributed by atoms with van der Waals surface area (Å²) in [6.45, 7) is 6.85. The topological polar surface area (TPSA) is 63.9 Å². The van der Waals surface area contributed by atoms with Gasteiger partial charge in [-0.05, 0) is 37.5 Å². The predicted molar refractivity (Wildman–Crippen MR) is 81.6 cm³/mol. The van der Waals surface area contributed by atoms with Crippen LogP contribution in [-0.4, -0.2) is 22.1 Å². The van der Waals surface area contributed by atoms with Gasteiger partial charge >= 0.3 is 0 Å². The van der Waals surface area contributed by atoms with Crippen LogP contribution in [0, 0.1) is 5.92 Å². The summed E-state index contributed by atoms with van der Waals surface area (Å²) >= 11 is 0. The molecule has 0 bridgehead atoms. The van der Waals surface area contributed by atoms with E-state index in [1.165, 1.54) is 0 Å². The number of pyridine rings is 1. The van der Waals surface area contributed by atoms with Gasteiger partial charge in [-0.3, -0.25) is 4.98 Å². The quantitative estimate of drug-likeness (QED) is 0.849. The Hall–Kier alpha value is -1.81. The summed E-state index contributed by atoms with van der Waals surface area (Å²) in [5.41, 5.74) is 7.91. The van der Waals surface area contributed by atoms with Crippen molar-refractivity contribution in [2.24, 2.45) is 11.7 Å². The molecule has 0 amide bonds. The van der Waals surface area contributed by atoms with Crippen LogP contribution in [0.2, 0.25) is 0 Å². The van der Waals surface area contributed by atoms with Gasteiger partial charge in [-0.1, -0.05) is 13.8 Å². The van der Waals surface area contributed by atoms with Crippen LogP contribution in [-0.2, 0) is 0 Å². The van der Waals surface area contributed by atoms with Crippen LogP contribution in [0.15, 0.2) is 36.8 Å². The molecule has 2 rings (SSSR count). The number of nitrogens with one attached hydrogen (secondary N) is 1. The van der Waals surface area contributed by atoms with Crippen molar-refractivity contribution in [1.29, 1.82) is 0 Å². The summed E-state index contributed by atoms with van der Waals surface area (Å²) in [7, 11) is 0. The van der Waals surface area contributed by atoms with Gasteiger partial charge in [-0.25, -0.2) is 0 Å². The lowest BCUT2D eigenvalue weighted by Crippen LogP contribution is -2.43. The Kier molecular flexibility index (Phi) is 4.45. The zero-order valence-electron chi connectivity index (χ0n) is 12.4. The van der Waals surface area contributed by atoms with Crippen LogP contribution in [0.3, 0.4) is 0 Å². The maximum atomic E-state index is 6.22. The number of H-pyrrole nitrogens is 1. The first-order valence-corrected chi connectivity index (χ1v) is 6.97. The highest BCUT2D eigenvalue weighted by Crippen LogP contribution is 2.20. The molecule has 0 fully saturated rings. The van der Waals surface area contributed by atoms with Gasteiger partial charge in [-0.2, -0.15) is 0 Å². The number of hydrogen-bond donors (Lipinski definition) is 2. The van der Waals surface area contributed by atoms with Crippen molar-refractivity contribution < 1.29 is 4.74 Å². The molecule has 0 aliphatic carbocycles. The first kappa shape index (κ1) is 14.6. The highest BCUT2D eigenvalue weighted by atomic mass is 16.5. The van der Waals surface area contributed by atoms with E-state index in [1.54, 1.807) is 6.20 Å². The molecule has 0 unspecified atom stereocenters. The molecule has 0 radical (unpaired) electrons. The Morgan fingerprint density at radius 2 is 2.15 bits per heavy atom. The van der Waals surface area contributed by atoms with Crippen LogP contribution >= 0.6 is 0 Å². The fourth-order valence-corrected chi connectivity index (χ4v) is 2.36. The van der Waals surface area contributed by atoms with Crippen molar-refractivity contribution >= 4 is 0 Å². The molecule has 2 aromatic rings. The summed E-state index contributed by atoms with van der Waals surface area (Å²) < 4.78 is 5.75. The van der Waals surface area contributed by atoms with Crippen molar-refractivity contribution in [3.8, 4) is 17.0 Å². The molecule has 0 saturated heterocycles. The SMILES string of the molecule is CC(C)C[C@](C)(N)COc1ccc(-c2cc[nH]c2)nc1. The average Bonchev–Trinajstić information content (AvgIpc) is 2.89. The molecule has 2 heterocycles. The van der Waals surface area contributed by atoms with Crippen molar-refractivity contribution in [3.63, 3.8) is 0 Å². The number of nitrogens with two attached hydrogens (primary N) is 1. The van der Waals surface area contributed by atoms with Gasteiger partial charge in [0.1, 0.15) is 12.4 Å². The smallest absolute Gasteiger partial charge is 0.137 e. The monoisotopic (exact) mass is 273 g/mol. The molecule has 0 saturated carbocycles. The van der Waals surface area contributed by atoms with E-state index >= 15 is 0 Å². The first-order chi connectivity index (χ1) is 9.46. The van der Waals surface area contributed by atoms with E-state index in [0.29, 0.717) is 12.5 Å². The number of aromatic amines is 1. The third kappa shape index (κ3) is 4.10. The van der Waals surface area contributed by atoms with Gasteiger partial charge in [0.15, 0.2) is 0 Å². The van der Waals surface area contributed by atoms with E-state index < -0.39 is 0 Å².